The molecule has 0 amide bonds. The number of carbonyl (C=O) groups is 2. The van der Waals surface area contributed by atoms with Crippen molar-refractivity contribution in [1.82, 2.24) is 0 Å². The van der Waals surface area contributed by atoms with Crippen molar-refractivity contribution in [2.24, 2.45) is 5.92 Å². The van der Waals surface area contributed by atoms with Gasteiger partial charge in [0.1, 0.15) is 6.10 Å². The van der Waals surface area contributed by atoms with E-state index in [1.54, 1.807) is 6.92 Å². The Morgan fingerprint density at radius 1 is 1.35 bits per heavy atom. The van der Waals surface area contributed by atoms with E-state index in [4.69, 9.17) is 9.47 Å². The third-order valence-electron chi connectivity index (χ3n) is 2.69. The van der Waals surface area contributed by atoms with Gasteiger partial charge < -0.3 is 14.6 Å². The maximum atomic E-state index is 11.4. The summed E-state index contributed by atoms with van der Waals surface area (Å²) in [6.45, 7) is 3.40. The van der Waals surface area contributed by atoms with Gasteiger partial charge in [0, 0.05) is 6.92 Å². The summed E-state index contributed by atoms with van der Waals surface area (Å²) in [5, 5.41) is 9.72. The predicted octanol–water partition coefficient (Wildman–Crippen LogP) is 1.28. The number of esters is 2. The first kappa shape index (κ1) is 15.9. The van der Waals surface area contributed by atoms with Gasteiger partial charge in [0.15, 0.2) is 0 Å². The van der Waals surface area contributed by atoms with Crippen LogP contribution in [0, 0.1) is 5.92 Å². The summed E-state index contributed by atoms with van der Waals surface area (Å²) in [5.41, 5.74) is 0. The fourth-order valence-corrected chi connectivity index (χ4v) is 1.94. The molecule has 1 saturated carbocycles. The maximum Gasteiger partial charge on any atom is 0.309 e. The summed E-state index contributed by atoms with van der Waals surface area (Å²) in [4.78, 5) is 22.2. The molecule has 0 radical (unpaired) electrons. The third kappa shape index (κ3) is 4.73. The average Bonchev–Trinajstić information content (AvgIpc) is 2.20. The van der Waals surface area contributed by atoms with Gasteiger partial charge in [-0.3, -0.25) is 9.59 Å². The van der Waals surface area contributed by atoms with Gasteiger partial charge in [-0.05, 0) is 26.2 Å². The van der Waals surface area contributed by atoms with Gasteiger partial charge in [-0.25, -0.2) is 0 Å². The van der Waals surface area contributed by atoms with Crippen LogP contribution in [-0.2, 0) is 19.1 Å². The Kier molecular flexibility index (Phi) is 6.80. The molecular weight excluding hydrogens is 224 g/mol. The highest BCUT2D eigenvalue weighted by molar-refractivity contribution is 5.72. The zero-order chi connectivity index (χ0) is 12.1. The molecule has 1 N–H and O–H groups in total. The minimum atomic E-state index is -0.771. The molecule has 1 aliphatic carbocycles. The summed E-state index contributed by atoms with van der Waals surface area (Å²) < 4.78 is 9.84. The second kappa shape index (κ2) is 7.27. The molecule has 0 spiro atoms. The molecule has 1 rings (SSSR count). The Balaban J connectivity index is 0.00000256. The van der Waals surface area contributed by atoms with Gasteiger partial charge in [-0.15, -0.1) is 0 Å². The normalized spacial score (nSPS) is 27.8. The minimum absolute atomic E-state index is 0. The van der Waals surface area contributed by atoms with Crippen molar-refractivity contribution in [1.29, 1.82) is 0 Å². The predicted molar refractivity (Wildman–Crippen MR) is 62.3 cm³/mol. The van der Waals surface area contributed by atoms with Gasteiger partial charge in [-0.1, -0.05) is 7.43 Å². The van der Waals surface area contributed by atoms with E-state index in [1.807, 2.05) is 0 Å². The molecule has 3 unspecified atom stereocenters. The molecule has 0 bridgehead atoms. The second-order valence-corrected chi connectivity index (χ2v) is 3.98. The number of hydrogen-bond acceptors (Lipinski definition) is 5. The molecule has 0 heterocycles. The van der Waals surface area contributed by atoms with Gasteiger partial charge in [0.25, 0.3) is 0 Å². The van der Waals surface area contributed by atoms with Gasteiger partial charge in [0.05, 0.1) is 18.6 Å². The van der Waals surface area contributed by atoms with Crippen LogP contribution in [-0.4, -0.2) is 35.9 Å². The van der Waals surface area contributed by atoms with Crippen LogP contribution in [0.4, 0.5) is 0 Å². The number of carbonyl (C=O) groups excluding carboxylic acids is 2. The number of aliphatic hydroxyl groups excluding tert-OH is 1. The molecule has 5 nitrogen and oxygen atoms in total. The lowest BCUT2D eigenvalue weighted by Crippen LogP contribution is -2.39. The van der Waals surface area contributed by atoms with E-state index in [9.17, 15) is 14.7 Å². The minimum Gasteiger partial charge on any atom is -0.466 e. The Morgan fingerprint density at radius 3 is 2.47 bits per heavy atom. The quantitative estimate of drug-likeness (QED) is 0.759. The summed E-state index contributed by atoms with van der Waals surface area (Å²) in [7, 11) is 0. The van der Waals surface area contributed by atoms with E-state index in [0.717, 1.165) is 0 Å². The van der Waals surface area contributed by atoms with Crippen LogP contribution in [0.2, 0.25) is 0 Å². The van der Waals surface area contributed by atoms with Crippen molar-refractivity contribution in [2.75, 3.05) is 6.61 Å². The van der Waals surface area contributed by atoms with E-state index in [1.165, 1.54) is 6.92 Å². The first-order chi connectivity index (χ1) is 7.54. The van der Waals surface area contributed by atoms with Gasteiger partial charge >= 0.3 is 11.9 Å². The third-order valence-corrected chi connectivity index (χ3v) is 2.69. The van der Waals surface area contributed by atoms with E-state index < -0.39 is 18.2 Å². The lowest BCUT2D eigenvalue weighted by Gasteiger charge is -2.31. The van der Waals surface area contributed by atoms with Crippen LogP contribution < -0.4 is 0 Å². The van der Waals surface area contributed by atoms with Crippen LogP contribution in [0.15, 0.2) is 0 Å². The van der Waals surface area contributed by atoms with E-state index in [2.05, 4.69) is 0 Å². The molecule has 3 atom stereocenters. The highest BCUT2D eigenvalue weighted by Crippen LogP contribution is 2.27. The molecule has 1 aliphatic rings. The van der Waals surface area contributed by atoms with Crippen LogP contribution in [0.25, 0.3) is 0 Å². The Labute approximate surface area is 102 Å². The number of hydrogen-bond donors (Lipinski definition) is 1. The Bertz CT molecular complexity index is 264. The Hall–Kier alpha value is -1.10. The molecule has 0 aliphatic heterocycles. The molecule has 5 heteroatoms. The number of ether oxygens (including phenoxy) is 2. The van der Waals surface area contributed by atoms with Crippen molar-refractivity contribution in [3.8, 4) is 0 Å². The van der Waals surface area contributed by atoms with Crippen molar-refractivity contribution in [2.45, 2.75) is 52.7 Å². The highest BCUT2D eigenvalue weighted by atomic mass is 16.6. The number of rotatable bonds is 3. The zero-order valence-corrected chi connectivity index (χ0v) is 9.64. The molecule has 1 fully saturated rings. The highest BCUT2D eigenvalue weighted by Gasteiger charge is 2.35. The van der Waals surface area contributed by atoms with Crippen LogP contribution >= 0.6 is 0 Å². The second-order valence-electron chi connectivity index (χ2n) is 3.98. The van der Waals surface area contributed by atoms with Crippen LogP contribution in [0.1, 0.15) is 40.5 Å². The molecule has 0 aromatic rings. The summed E-state index contributed by atoms with van der Waals surface area (Å²) in [5.74, 6) is -0.955. The lowest BCUT2D eigenvalue weighted by molar-refractivity contribution is -0.161. The summed E-state index contributed by atoms with van der Waals surface area (Å²) >= 11 is 0. The fraction of sp³-hybridized carbons (Fsp3) is 0.833. The van der Waals surface area contributed by atoms with Gasteiger partial charge in [-0.2, -0.15) is 0 Å². The van der Waals surface area contributed by atoms with Crippen molar-refractivity contribution < 1.29 is 24.2 Å². The van der Waals surface area contributed by atoms with E-state index in [-0.39, 0.29) is 19.3 Å². The molecule has 17 heavy (non-hydrogen) atoms. The first-order valence-corrected chi connectivity index (χ1v) is 5.56. The largest absolute Gasteiger partial charge is 0.466 e. The van der Waals surface area contributed by atoms with E-state index in [0.29, 0.717) is 25.9 Å². The lowest BCUT2D eigenvalue weighted by atomic mass is 9.85. The molecule has 100 valence electrons. The monoisotopic (exact) mass is 246 g/mol. The first-order valence-electron chi connectivity index (χ1n) is 5.56. The molecular formula is C12H22O5. The molecule has 0 saturated heterocycles. The molecule has 0 aromatic heterocycles. The zero-order valence-electron chi connectivity index (χ0n) is 9.64. The summed E-state index contributed by atoms with van der Waals surface area (Å²) in [6.07, 6.45) is 0.143. The number of aliphatic hydroxyl groups is 1. The standard InChI is InChI=1S/C11H18O5.CH4/c1-3-15-11(14)8-4-5-10(9(13)6-8)16-7(2)12;/h8-10,13H,3-6H2,1-2H3;1H4. The molecule has 0 aromatic carbocycles. The SMILES string of the molecule is C.CCOC(=O)C1CCC(OC(C)=O)C(O)C1. The topological polar surface area (TPSA) is 72.8 Å². The fourth-order valence-electron chi connectivity index (χ4n) is 1.94. The smallest absolute Gasteiger partial charge is 0.309 e. The summed E-state index contributed by atoms with van der Waals surface area (Å²) in [6, 6.07) is 0. The Morgan fingerprint density at radius 2 is 2.00 bits per heavy atom. The van der Waals surface area contributed by atoms with E-state index >= 15 is 0 Å². The van der Waals surface area contributed by atoms with Gasteiger partial charge in [0.2, 0.25) is 0 Å². The van der Waals surface area contributed by atoms with Crippen LogP contribution in [0.5, 0.6) is 0 Å². The van der Waals surface area contributed by atoms with Crippen molar-refractivity contribution >= 4 is 11.9 Å². The van der Waals surface area contributed by atoms with Crippen LogP contribution in [0.3, 0.4) is 0 Å². The maximum absolute atomic E-state index is 11.4. The van der Waals surface area contributed by atoms with Crippen molar-refractivity contribution in [3.63, 3.8) is 0 Å². The van der Waals surface area contributed by atoms with Crippen molar-refractivity contribution in [3.05, 3.63) is 0 Å². The average molecular weight is 246 g/mol.